The predicted molar refractivity (Wildman–Crippen MR) is 72.4 cm³/mol. The van der Waals surface area contributed by atoms with Crippen LogP contribution in [-0.4, -0.2) is 19.3 Å². The van der Waals surface area contributed by atoms with Crippen molar-refractivity contribution in [2.75, 3.05) is 7.11 Å². The van der Waals surface area contributed by atoms with Gasteiger partial charge in [-0.15, -0.1) is 0 Å². The summed E-state index contributed by atoms with van der Waals surface area (Å²) < 4.78 is 10.5. The third-order valence-electron chi connectivity index (χ3n) is 2.64. The van der Waals surface area contributed by atoms with Gasteiger partial charge in [0.25, 0.3) is 0 Å². The summed E-state index contributed by atoms with van der Waals surface area (Å²) >= 11 is 0. The molecule has 0 spiro atoms. The van der Waals surface area contributed by atoms with Crippen LogP contribution in [0.15, 0.2) is 48.5 Å². The molecule has 0 unspecified atom stereocenters. The van der Waals surface area contributed by atoms with Gasteiger partial charge in [0.2, 0.25) is 0 Å². The monoisotopic (exact) mass is 242 g/mol. The van der Waals surface area contributed by atoms with E-state index in [1.807, 2.05) is 31.2 Å². The molecule has 0 aliphatic rings. The fraction of sp³-hybridized carbons (Fsp3) is 0.143. The van der Waals surface area contributed by atoms with Crippen molar-refractivity contribution < 1.29 is 14.4 Å². The molecule has 0 aliphatic heterocycles. The zero-order valence-corrected chi connectivity index (χ0v) is 10.5. The molecule has 0 heterocycles. The molecule has 18 heavy (non-hydrogen) atoms. The first kappa shape index (κ1) is 12.5. The Labute approximate surface area is 107 Å². The minimum absolute atomic E-state index is 0.651. The van der Waals surface area contributed by atoms with Crippen molar-refractivity contribution in [3.05, 3.63) is 54.1 Å². The second kappa shape index (κ2) is 5.60. The predicted octanol–water partition coefficient (Wildman–Crippen LogP) is 1.77. The lowest BCUT2D eigenvalue weighted by Gasteiger charge is -2.11. The first-order chi connectivity index (χ1) is 8.69. The molecule has 0 saturated carbocycles. The molecule has 1 N–H and O–H groups in total. The lowest BCUT2D eigenvalue weighted by atomic mass is 9.79. The Morgan fingerprint density at radius 1 is 1.00 bits per heavy atom. The lowest BCUT2D eigenvalue weighted by molar-refractivity contribution is 0.414. The maximum Gasteiger partial charge on any atom is 0.560 e. The van der Waals surface area contributed by atoms with Crippen LogP contribution in [0.2, 0.25) is 0 Å². The van der Waals surface area contributed by atoms with Crippen molar-refractivity contribution in [1.82, 2.24) is 0 Å². The molecule has 0 aliphatic carbocycles. The van der Waals surface area contributed by atoms with Gasteiger partial charge in [-0.1, -0.05) is 24.3 Å². The Morgan fingerprint density at radius 2 is 1.72 bits per heavy atom. The Hall–Kier alpha value is -1.94. The van der Waals surface area contributed by atoms with Gasteiger partial charge in [0.1, 0.15) is 11.5 Å². The van der Waals surface area contributed by atoms with Crippen molar-refractivity contribution in [2.45, 2.75) is 6.92 Å². The van der Waals surface area contributed by atoms with Gasteiger partial charge < -0.3 is 14.4 Å². The number of ether oxygens (including phenoxy) is 1. The average Bonchev–Trinajstić information content (AvgIpc) is 2.39. The van der Waals surface area contributed by atoms with Gasteiger partial charge in [-0.3, -0.25) is 0 Å². The van der Waals surface area contributed by atoms with Gasteiger partial charge >= 0.3 is 7.12 Å². The number of benzene rings is 2. The van der Waals surface area contributed by atoms with E-state index in [9.17, 15) is 5.02 Å². The minimum Gasteiger partial charge on any atom is -0.532 e. The number of aryl methyl sites for hydroxylation is 1. The van der Waals surface area contributed by atoms with Crippen LogP contribution in [0, 0.1) is 6.92 Å². The fourth-order valence-corrected chi connectivity index (χ4v) is 1.65. The van der Waals surface area contributed by atoms with E-state index in [2.05, 4.69) is 0 Å². The van der Waals surface area contributed by atoms with Crippen molar-refractivity contribution in [1.29, 1.82) is 0 Å². The number of hydrogen-bond donors (Lipinski definition) is 1. The molecule has 2 aromatic rings. The van der Waals surface area contributed by atoms with Crippen LogP contribution in [0.3, 0.4) is 0 Å². The molecular weight excluding hydrogens is 227 g/mol. The number of methoxy groups -OCH3 is 1. The van der Waals surface area contributed by atoms with Gasteiger partial charge in [0.05, 0.1) is 7.11 Å². The van der Waals surface area contributed by atoms with Crippen LogP contribution in [-0.2, 0) is 0 Å². The molecule has 0 bridgehead atoms. The molecule has 2 aromatic carbocycles. The van der Waals surface area contributed by atoms with Crippen molar-refractivity contribution in [2.24, 2.45) is 0 Å². The van der Waals surface area contributed by atoms with E-state index < -0.39 is 7.12 Å². The summed E-state index contributed by atoms with van der Waals surface area (Å²) in [4.78, 5) is 0. The van der Waals surface area contributed by atoms with Gasteiger partial charge in [-0.25, -0.2) is 0 Å². The van der Waals surface area contributed by atoms with E-state index in [1.54, 1.807) is 31.4 Å². The maximum absolute atomic E-state index is 9.97. The van der Waals surface area contributed by atoms with E-state index >= 15 is 0 Å². The van der Waals surface area contributed by atoms with Crippen LogP contribution >= 0.6 is 0 Å². The highest BCUT2D eigenvalue weighted by Crippen LogP contribution is 2.13. The molecule has 0 atom stereocenters. The first-order valence-electron chi connectivity index (χ1n) is 5.74. The van der Waals surface area contributed by atoms with Gasteiger partial charge in [0.15, 0.2) is 0 Å². The summed E-state index contributed by atoms with van der Waals surface area (Å²) in [6.07, 6.45) is 0. The van der Waals surface area contributed by atoms with Gasteiger partial charge in [0, 0.05) is 0 Å². The molecular formula is C14H15BO3. The van der Waals surface area contributed by atoms with Crippen molar-refractivity contribution in [3.63, 3.8) is 0 Å². The van der Waals surface area contributed by atoms with Crippen LogP contribution in [0.1, 0.15) is 5.56 Å². The molecule has 92 valence electrons. The van der Waals surface area contributed by atoms with E-state index in [0.717, 1.165) is 11.3 Å². The van der Waals surface area contributed by atoms with E-state index in [-0.39, 0.29) is 0 Å². The lowest BCUT2D eigenvalue weighted by Crippen LogP contribution is -2.36. The zero-order chi connectivity index (χ0) is 13.0. The third kappa shape index (κ3) is 3.05. The zero-order valence-electron chi connectivity index (χ0n) is 10.5. The summed E-state index contributed by atoms with van der Waals surface area (Å²) in [5.41, 5.74) is 1.78. The summed E-state index contributed by atoms with van der Waals surface area (Å²) in [6.45, 7) is 1.98. The van der Waals surface area contributed by atoms with Crippen LogP contribution < -0.4 is 14.9 Å². The SMILES string of the molecule is COc1ccc(B(O)Oc2cccc(C)c2)cc1. The smallest absolute Gasteiger partial charge is 0.532 e. The number of hydrogen-bond acceptors (Lipinski definition) is 3. The van der Waals surface area contributed by atoms with Crippen molar-refractivity contribution >= 4 is 12.6 Å². The third-order valence-corrected chi connectivity index (χ3v) is 2.64. The Morgan fingerprint density at radius 3 is 2.33 bits per heavy atom. The molecule has 0 amide bonds. The van der Waals surface area contributed by atoms with Crippen LogP contribution in [0.25, 0.3) is 0 Å². The standard InChI is InChI=1S/C14H15BO3/c1-11-4-3-5-14(10-11)18-15(16)12-6-8-13(17-2)9-7-12/h3-10,16H,1-2H3. The van der Waals surface area contributed by atoms with Gasteiger partial charge in [-0.05, 0) is 42.2 Å². The Balaban J connectivity index is 2.09. The summed E-state index contributed by atoms with van der Waals surface area (Å²) in [5, 5.41) is 9.97. The highest BCUT2D eigenvalue weighted by atomic mass is 16.5. The molecule has 0 fully saturated rings. The Kier molecular flexibility index (Phi) is 3.90. The molecule has 2 rings (SSSR count). The average molecular weight is 242 g/mol. The second-order valence-corrected chi connectivity index (χ2v) is 4.06. The van der Waals surface area contributed by atoms with Crippen LogP contribution in [0.4, 0.5) is 0 Å². The topological polar surface area (TPSA) is 38.7 Å². The minimum atomic E-state index is -0.974. The van der Waals surface area contributed by atoms with E-state index in [4.69, 9.17) is 9.39 Å². The number of rotatable bonds is 4. The van der Waals surface area contributed by atoms with E-state index in [0.29, 0.717) is 11.2 Å². The quantitative estimate of drug-likeness (QED) is 0.830. The molecule has 0 aromatic heterocycles. The molecule has 0 saturated heterocycles. The van der Waals surface area contributed by atoms with Gasteiger partial charge in [-0.2, -0.15) is 0 Å². The first-order valence-corrected chi connectivity index (χ1v) is 5.74. The highest BCUT2D eigenvalue weighted by molar-refractivity contribution is 6.60. The molecule has 0 radical (unpaired) electrons. The maximum atomic E-state index is 9.97. The summed E-state index contributed by atoms with van der Waals surface area (Å²) in [7, 11) is 0.631. The Bertz CT molecular complexity index is 511. The highest BCUT2D eigenvalue weighted by Gasteiger charge is 2.18. The summed E-state index contributed by atoms with van der Waals surface area (Å²) in [6, 6.07) is 14.7. The largest absolute Gasteiger partial charge is 0.560 e. The molecule has 4 heteroatoms. The summed E-state index contributed by atoms with van der Waals surface area (Å²) in [5.74, 6) is 1.40. The molecule has 3 nitrogen and oxygen atoms in total. The van der Waals surface area contributed by atoms with Crippen LogP contribution in [0.5, 0.6) is 11.5 Å². The van der Waals surface area contributed by atoms with Crippen molar-refractivity contribution in [3.8, 4) is 11.5 Å². The van der Waals surface area contributed by atoms with E-state index in [1.165, 1.54) is 0 Å². The fourth-order valence-electron chi connectivity index (χ4n) is 1.65. The second-order valence-electron chi connectivity index (χ2n) is 4.06. The normalized spacial score (nSPS) is 9.94.